The van der Waals surface area contributed by atoms with Crippen LogP contribution in [0, 0.1) is 0 Å². The van der Waals surface area contributed by atoms with Gasteiger partial charge in [-0.3, -0.25) is 0 Å². The average molecular weight is 209 g/mol. The van der Waals surface area contributed by atoms with E-state index in [1.807, 2.05) is 37.6 Å². The van der Waals surface area contributed by atoms with E-state index in [9.17, 15) is 4.79 Å². The molecule has 1 heterocycles. The second kappa shape index (κ2) is 4.51. The van der Waals surface area contributed by atoms with Crippen LogP contribution in [0.2, 0.25) is 0 Å². The van der Waals surface area contributed by atoms with Gasteiger partial charge in [0.2, 0.25) is 0 Å². The molecule has 0 spiro atoms. The fraction of sp³-hybridized carbons (Fsp3) is 0.583. The maximum Gasteiger partial charge on any atom is 0.355 e. The monoisotopic (exact) mass is 209 g/mol. The zero-order valence-corrected chi connectivity index (χ0v) is 9.91. The van der Waals surface area contributed by atoms with Crippen molar-refractivity contribution in [2.75, 3.05) is 0 Å². The Bertz CT molecular complexity index is 334. The topological polar surface area (TPSA) is 31.2 Å². The van der Waals surface area contributed by atoms with Crippen LogP contribution in [0.4, 0.5) is 0 Å². The Kier molecular flexibility index (Phi) is 3.56. The summed E-state index contributed by atoms with van der Waals surface area (Å²) in [7, 11) is 0. The lowest BCUT2D eigenvalue weighted by Crippen LogP contribution is -2.25. The van der Waals surface area contributed by atoms with Crippen molar-refractivity contribution in [3.8, 4) is 0 Å². The normalized spacial score (nSPS) is 11.5. The Morgan fingerprint density at radius 3 is 2.67 bits per heavy atom. The fourth-order valence-corrected chi connectivity index (χ4v) is 1.37. The molecule has 0 aliphatic heterocycles. The van der Waals surface area contributed by atoms with Gasteiger partial charge in [0.15, 0.2) is 0 Å². The summed E-state index contributed by atoms with van der Waals surface area (Å²) < 4.78 is 7.23. The molecule has 0 saturated heterocycles. The van der Waals surface area contributed by atoms with Gasteiger partial charge in [-0.2, -0.15) is 0 Å². The van der Waals surface area contributed by atoms with Gasteiger partial charge in [-0.05, 0) is 39.3 Å². The first-order valence-corrected chi connectivity index (χ1v) is 5.32. The maximum absolute atomic E-state index is 11.8. The molecule has 0 radical (unpaired) electrons. The minimum atomic E-state index is -0.432. The van der Waals surface area contributed by atoms with Gasteiger partial charge >= 0.3 is 5.97 Å². The van der Waals surface area contributed by atoms with Crippen molar-refractivity contribution in [3.05, 3.63) is 24.0 Å². The van der Waals surface area contributed by atoms with Crippen molar-refractivity contribution in [2.24, 2.45) is 0 Å². The highest BCUT2D eigenvalue weighted by molar-refractivity contribution is 5.88. The summed E-state index contributed by atoms with van der Waals surface area (Å²) in [5.74, 6) is -0.249. The van der Waals surface area contributed by atoms with Crippen molar-refractivity contribution < 1.29 is 9.53 Å². The minimum Gasteiger partial charge on any atom is -0.455 e. The lowest BCUT2D eigenvalue weighted by molar-refractivity contribution is 0.00577. The Balaban J connectivity index is 2.77. The zero-order valence-electron chi connectivity index (χ0n) is 9.91. The second-order valence-electron chi connectivity index (χ2n) is 4.59. The number of ether oxygens (including phenoxy) is 1. The third kappa shape index (κ3) is 3.42. The van der Waals surface area contributed by atoms with Crippen LogP contribution in [-0.4, -0.2) is 16.1 Å². The smallest absolute Gasteiger partial charge is 0.355 e. The third-order valence-electron chi connectivity index (χ3n) is 1.90. The predicted molar refractivity (Wildman–Crippen MR) is 59.9 cm³/mol. The van der Waals surface area contributed by atoms with Crippen molar-refractivity contribution >= 4 is 5.97 Å². The van der Waals surface area contributed by atoms with Crippen LogP contribution in [0.15, 0.2) is 18.3 Å². The molecule has 3 nitrogen and oxygen atoms in total. The predicted octanol–water partition coefficient (Wildman–Crippen LogP) is 2.85. The average Bonchev–Trinajstić information content (AvgIpc) is 2.49. The summed E-state index contributed by atoms with van der Waals surface area (Å²) in [6.45, 7) is 8.55. The molecular formula is C12H19NO2. The summed E-state index contributed by atoms with van der Waals surface area (Å²) >= 11 is 0. The van der Waals surface area contributed by atoms with E-state index in [-0.39, 0.29) is 5.97 Å². The van der Waals surface area contributed by atoms with Crippen LogP contribution in [0.1, 0.15) is 44.6 Å². The quantitative estimate of drug-likeness (QED) is 0.717. The van der Waals surface area contributed by atoms with Crippen LogP contribution < -0.4 is 0 Å². The summed E-state index contributed by atoms with van der Waals surface area (Å²) in [6, 6.07) is 3.67. The highest BCUT2D eigenvalue weighted by Gasteiger charge is 2.19. The molecule has 0 N–H and O–H groups in total. The van der Waals surface area contributed by atoms with Crippen molar-refractivity contribution in [2.45, 2.75) is 46.3 Å². The molecule has 1 aromatic rings. The molecule has 0 amide bonds. The van der Waals surface area contributed by atoms with E-state index in [0.29, 0.717) is 5.69 Å². The number of rotatable bonds is 3. The SMILES string of the molecule is CCCn1cccc1C(=O)OC(C)(C)C. The first-order chi connectivity index (χ1) is 6.94. The minimum absolute atomic E-state index is 0.249. The molecular weight excluding hydrogens is 190 g/mol. The molecule has 0 atom stereocenters. The maximum atomic E-state index is 11.8. The highest BCUT2D eigenvalue weighted by Crippen LogP contribution is 2.13. The van der Waals surface area contributed by atoms with E-state index >= 15 is 0 Å². The third-order valence-corrected chi connectivity index (χ3v) is 1.90. The number of hydrogen-bond acceptors (Lipinski definition) is 2. The van der Waals surface area contributed by atoms with Gasteiger partial charge in [0.05, 0.1) is 0 Å². The molecule has 0 bridgehead atoms. The zero-order chi connectivity index (χ0) is 11.5. The summed E-state index contributed by atoms with van der Waals surface area (Å²) in [6.07, 6.45) is 2.91. The van der Waals surface area contributed by atoms with E-state index in [4.69, 9.17) is 4.74 Å². The summed E-state index contributed by atoms with van der Waals surface area (Å²) in [4.78, 5) is 11.8. The molecule has 1 aromatic heterocycles. The fourth-order valence-electron chi connectivity index (χ4n) is 1.37. The van der Waals surface area contributed by atoms with Crippen LogP contribution in [0.3, 0.4) is 0 Å². The first kappa shape index (κ1) is 11.8. The van der Waals surface area contributed by atoms with Crippen molar-refractivity contribution in [3.63, 3.8) is 0 Å². The number of aryl methyl sites for hydroxylation is 1. The molecule has 3 heteroatoms. The summed E-state index contributed by atoms with van der Waals surface area (Å²) in [5.41, 5.74) is 0.199. The van der Waals surface area contributed by atoms with Crippen molar-refractivity contribution in [1.29, 1.82) is 0 Å². The van der Waals surface area contributed by atoms with E-state index in [2.05, 4.69) is 6.92 Å². The van der Waals surface area contributed by atoms with Gasteiger partial charge in [-0.25, -0.2) is 4.79 Å². The van der Waals surface area contributed by atoms with Crippen LogP contribution >= 0.6 is 0 Å². The molecule has 15 heavy (non-hydrogen) atoms. The van der Waals surface area contributed by atoms with E-state index < -0.39 is 5.60 Å². The van der Waals surface area contributed by atoms with Gasteiger partial charge < -0.3 is 9.30 Å². The van der Waals surface area contributed by atoms with Crippen LogP contribution in [-0.2, 0) is 11.3 Å². The number of carbonyl (C=O) groups is 1. The number of aromatic nitrogens is 1. The molecule has 0 saturated carbocycles. The molecule has 0 aliphatic rings. The number of hydrogen-bond donors (Lipinski definition) is 0. The highest BCUT2D eigenvalue weighted by atomic mass is 16.6. The van der Waals surface area contributed by atoms with Gasteiger partial charge in [0.25, 0.3) is 0 Å². The Morgan fingerprint density at radius 2 is 2.13 bits per heavy atom. The lowest BCUT2D eigenvalue weighted by Gasteiger charge is -2.20. The molecule has 1 rings (SSSR count). The van der Waals surface area contributed by atoms with E-state index in [1.54, 1.807) is 6.07 Å². The standard InChI is InChI=1S/C12H19NO2/c1-5-8-13-9-6-7-10(13)11(14)15-12(2,3)4/h6-7,9H,5,8H2,1-4H3. The molecule has 0 fully saturated rings. The Labute approximate surface area is 91.0 Å². The Morgan fingerprint density at radius 1 is 1.47 bits per heavy atom. The molecule has 0 aliphatic carbocycles. The van der Waals surface area contributed by atoms with Crippen LogP contribution in [0.25, 0.3) is 0 Å². The largest absolute Gasteiger partial charge is 0.455 e. The molecule has 0 aromatic carbocycles. The van der Waals surface area contributed by atoms with Gasteiger partial charge in [-0.1, -0.05) is 6.92 Å². The number of carbonyl (C=O) groups excluding carboxylic acids is 1. The van der Waals surface area contributed by atoms with E-state index in [0.717, 1.165) is 13.0 Å². The van der Waals surface area contributed by atoms with Gasteiger partial charge in [0.1, 0.15) is 11.3 Å². The molecule has 0 unspecified atom stereocenters. The first-order valence-electron chi connectivity index (χ1n) is 5.32. The van der Waals surface area contributed by atoms with Gasteiger partial charge in [-0.15, -0.1) is 0 Å². The Hall–Kier alpha value is -1.25. The van der Waals surface area contributed by atoms with E-state index in [1.165, 1.54) is 0 Å². The van der Waals surface area contributed by atoms with Gasteiger partial charge in [0, 0.05) is 12.7 Å². The summed E-state index contributed by atoms with van der Waals surface area (Å²) in [5, 5.41) is 0. The second-order valence-corrected chi connectivity index (χ2v) is 4.59. The lowest BCUT2D eigenvalue weighted by atomic mass is 10.2. The number of nitrogens with zero attached hydrogens (tertiary/aromatic N) is 1. The van der Waals surface area contributed by atoms with Crippen LogP contribution in [0.5, 0.6) is 0 Å². The van der Waals surface area contributed by atoms with Crippen molar-refractivity contribution in [1.82, 2.24) is 4.57 Å². The molecule has 84 valence electrons. The number of esters is 1.